The molecule has 500 valence electrons. The van der Waals surface area contributed by atoms with E-state index in [0.29, 0.717) is 10.7 Å². The van der Waals surface area contributed by atoms with Crippen LogP contribution in [0.15, 0.2) is 54.6 Å². The van der Waals surface area contributed by atoms with Crippen LogP contribution in [0.1, 0.15) is 131 Å². The number of phosphoric acid groups is 1. The first-order valence-electron chi connectivity index (χ1n) is 27.7. The SMILES string of the molecule is Cc1cc(P(=O)(OC(C)C)OC(C)C)cc(OP(=O)(O)O)c1C(C)(C)CC(=O)N(Cc1nn(CC(F)(F)F)c2c(-c3ccc(C#CC(C)(C)S(C)(=O)=O)nc3[C@H](Cc3cc(F)cc(F)c3)NC(=O)Cn3nc(C(F)(F)F)c4c3C(F)(F)[C@@H]3C[C@H]43)ccc(Cl)c12)[SH](=O)=O. The number of aromatic nitrogens is 5. The number of sulfone groups is 1. The van der Waals surface area contributed by atoms with Gasteiger partial charge < -0.3 is 18.9 Å². The molecule has 35 heteroatoms. The summed E-state index contributed by atoms with van der Waals surface area (Å²) in [5.74, 6) is -7.15. The van der Waals surface area contributed by atoms with Crippen LogP contribution in [0.2, 0.25) is 5.02 Å². The Kier molecular flexibility index (Phi) is 19.7. The number of carbonyl (C=O) groups excluding carboxylic acids is 2. The van der Waals surface area contributed by atoms with Crippen molar-refractivity contribution >= 4 is 75.8 Å². The largest absolute Gasteiger partial charge is 0.524 e. The van der Waals surface area contributed by atoms with Gasteiger partial charge in [0.25, 0.3) is 5.92 Å². The van der Waals surface area contributed by atoms with Gasteiger partial charge in [0.05, 0.1) is 52.0 Å². The Hall–Kier alpha value is -6.42. The van der Waals surface area contributed by atoms with Crippen molar-refractivity contribution in [2.75, 3.05) is 6.26 Å². The van der Waals surface area contributed by atoms with Gasteiger partial charge in [-0.1, -0.05) is 37.4 Å². The topological polar surface area (TPSA) is 269 Å². The minimum atomic E-state index is -5.49. The van der Waals surface area contributed by atoms with Gasteiger partial charge in [-0.05, 0) is 127 Å². The lowest BCUT2D eigenvalue weighted by Crippen LogP contribution is -2.35. The molecule has 3 heterocycles. The van der Waals surface area contributed by atoms with Gasteiger partial charge in [0, 0.05) is 57.7 Å². The van der Waals surface area contributed by atoms with E-state index in [9.17, 15) is 71.7 Å². The summed E-state index contributed by atoms with van der Waals surface area (Å²) >= 11 is 6.81. The zero-order chi connectivity index (χ0) is 68.7. The number of alkyl halides is 8. The predicted molar refractivity (Wildman–Crippen MR) is 315 cm³/mol. The third-order valence-electron chi connectivity index (χ3n) is 15.0. The number of nitrogens with zero attached hydrogens (tertiary/aromatic N) is 6. The van der Waals surface area contributed by atoms with Crippen LogP contribution in [-0.4, -0.2) is 96.7 Å². The number of halogens is 11. The van der Waals surface area contributed by atoms with Crippen LogP contribution in [0.3, 0.4) is 0 Å². The smallest absolute Gasteiger partial charge is 0.404 e. The molecule has 1 fully saturated rings. The molecule has 1 saturated carbocycles. The molecule has 0 spiro atoms. The third-order valence-corrected chi connectivity index (χ3v) is 20.7. The molecule has 3 N–H and O–H groups in total. The summed E-state index contributed by atoms with van der Waals surface area (Å²) in [5.41, 5.74) is -8.34. The molecule has 0 bridgehead atoms. The highest BCUT2D eigenvalue weighted by molar-refractivity contribution is 7.92. The summed E-state index contributed by atoms with van der Waals surface area (Å²) in [6.07, 6.45) is -12.9. The predicted octanol–water partition coefficient (Wildman–Crippen LogP) is 11.0. The van der Waals surface area contributed by atoms with E-state index >= 15 is 17.6 Å². The Morgan fingerprint density at radius 3 is 2.08 bits per heavy atom. The van der Waals surface area contributed by atoms with Crippen molar-refractivity contribution in [1.29, 1.82) is 0 Å². The number of phosphoric ester groups is 1. The van der Waals surface area contributed by atoms with Crippen molar-refractivity contribution in [2.45, 2.75) is 154 Å². The standard InChI is InChI=1S/C57H60ClF10N7O13P2S2/c1-28(2)86-89(78,87-29(3)4)35-17-30(5)48(43(22-35)88-90(79,80)81)53(6,7)24-45(77)75(91(82)83)25-42-47-40(58)14-13-37(50(47)74(71-42)27-55(61,62)63)36-12-11-34(15-16-54(8,9)92(10,84)85)69-49(36)41(20-31-18-32(59)21-33(60)19-31)70-44(76)26-73-52-46(51(72-73)57(66,67)68)38-23-39(38)56(52,64)65/h11-14,17-19,21-22,28-29,38-39,41,91H,20,23-27H2,1-10H3,(H,70,76)(H2,79,80,81)/t38-,39+,41-/m0/s1. The van der Waals surface area contributed by atoms with E-state index in [0.717, 1.165) is 48.7 Å². The minimum Gasteiger partial charge on any atom is -0.404 e. The summed E-state index contributed by atoms with van der Waals surface area (Å²) < 4.78 is 244. The van der Waals surface area contributed by atoms with Crippen LogP contribution in [-0.2, 0) is 92.1 Å². The van der Waals surface area contributed by atoms with Crippen LogP contribution in [0, 0.1) is 36.3 Å². The number of pyridine rings is 1. The first kappa shape index (κ1) is 71.4. The number of aryl methyl sites for hydroxylation is 1. The molecule has 0 saturated heterocycles. The Morgan fingerprint density at radius 1 is 0.913 bits per heavy atom. The van der Waals surface area contributed by atoms with Crippen LogP contribution in [0.5, 0.6) is 5.75 Å². The second kappa shape index (κ2) is 25.4. The van der Waals surface area contributed by atoms with Crippen molar-refractivity contribution in [3.05, 3.63) is 122 Å². The number of carbonyl (C=O) groups is 2. The van der Waals surface area contributed by atoms with Crippen LogP contribution in [0.4, 0.5) is 43.9 Å². The Morgan fingerprint density at radius 2 is 1.52 bits per heavy atom. The molecule has 2 aliphatic carbocycles. The van der Waals surface area contributed by atoms with Gasteiger partial charge in [-0.25, -0.2) is 39.5 Å². The maximum absolute atomic E-state index is 15.8. The number of thiol groups is 1. The average molecular weight is 1400 g/mol. The Labute approximate surface area is 527 Å². The second-order valence-electron chi connectivity index (χ2n) is 23.9. The summed E-state index contributed by atoms with van der Waals surface area (Å²) in [6, 6.07) is 6.99. The molecule has 2 aliphatic rings. The maximum atomic E-state index is 15.8. The molecule has 6 aromatic rings. The Balaban J connectivity index is 1.28. The van der Waals surface area contributed by atoms with E-state index in [-0.39, 0.29) is 54.2 Å². The summed E-state index contributed by atoms with van der Waals surface area (Å²) in [4.78, 5) is 53.6. The molecule has 0 aliphatic heterocycles. The fourth-order valence-corrected chi connectivity index (χ4v) is 14.5. The first-order chi connectivity index (χ1) is 42.1. The van der Waals surface area contributed by atoms with Gasteiger partial charge in [0.1, 0.15) is 46.6 Å². The highest BCUT2D eigenvalue weighted by Crippen LogP contribution is 2.68. The van der Waals surface area contributed by atoms with E-state index in [4.69, 9.17) is 25.2 Å². The molecule has 20 nitrogen and oxygen atoms in total. The molecule has 92 heavy (non-hydrogen) atoms. The van der Waals surface area contributed by atoms with Crippen molar-refractivity contribution < 1.29 is 103 Å². The van der Waals surface area contributed by atoms with Gasteiger partial charge in [-0.15, -0.1) is 0 Å². The fraction of sp³-hybridized carbons (Fsp3) is 0.456. The van der Waals surface area contributed by atoms with Gasteiger partial charge in [-0.2, -0.15) is 45.3 Å². The van der Waals surface area contributed by atoms with Crippen molar-refractivity contribution in [3.8, 4) is 28.7 Å². The van der Waals surface area contributed by atoms with E-state index in [1.807, 2.05) is 0 Å². The third kappa shape index (κ3) is 15.5. The molecule has 8 rings (SSSR count). The normalized spacial score (nSPS) is 16.4. The lowest BCUT2D eigenvalue weighted by atomic mass is 9.78. The first-order valence-corrected chi connectivity index (χ1v) is 34.2. The summed E-state index contributed by atoms with van der Waals surface area (Å²) in [7, 11) is -17.8. The molecule has 3 aromatic carbocycles. The van der Waals surface area contributed by atoms with Crippen LogP contribution in [0.25, 0.3) is 22.0 Å². The second-order valence-corrected chi connectivity index (χ2v) is 30.9. The molecule has 2 amide bonds. The lowest BCUT2D eigenvalue weighted by molar-refractivity contribution is -0.143. The molecular formula is C57H60ClF10N7O13P2S2. The number of hydrogen-bond acceptors (Lipinski definition) is 14. The average Bonchev–Trinajstić information content (AvgIpc) is 1.51. The number of fused-ring (bicyclic) bond motifs is 4. The number of rotatable bonds is 22. The van der Waals surface area contributed by atoms with Crippen molar-refractivity contribution in [3.63, 3.8) is 0 Å². The van der Waals surface area contributed by atoms with Crippen LogP contribution < -0.4 is 15.1 Å². The zero-order valence-corrected chi connectivity index (χ0v) is 54.6. The van der Waals surface area contributed by atoms with Crippen LogP contribution >= 0.6 is 27.0 Å². The minimum absolute atomic E-state index is 0.0796. The molecule has 0 unspecified atom stereocenters. The van der Waals surface area contributed by atoms with E-state index in [2.05, 4.69) is 32.3 Å². The van der Waals surface area contributed by atoms with E-state index < -0.39 is 201 Å². The van der Waals surface area contributed by atoms with E-state index in [1.165, 1.54) is 40.7 Å². The fourth-order valence-electron chi connectivity index (χ4n) is 11.1. The number of hydrogen-bond donors (Lipinski definition) is 4. The quantitative estimate of drug-likeness (QED) is 0.0213. The Bertz CT molecular complexity index is 4290. The van der Waals surface area contributed by atoms with E-state index in [1.54, 1.807) is 27.7 Å². The molecule has 3 aromatic heterocycles. The molecule has 3 atom stereocenters. The number of nitrogens with one attached hydrogen (secondary N) is 1. The lowest BCUT2D eigenvalue weighted by Gasteiger charge is -2.31. The van der Waals surface area contributed by atoms with Gasteiger partial charge >= 0.3 is 27.8 Å². The van der Waals surface area contributed by atoms with Gasteiger partial charge in [0.2, 0.25) is 22.7 Å². The number of amides is 2. The maximum Gasteiger partial charge on any atom is 0.524 e. The van der Waals surface area contributed by atoms with Crippen molar-refractivity contribution in [1.82, 2.24) is 34.2 Å². The molecular weight excluding hydrogens is 1340 g/mol. The summed E-state index contributed by atoms with van der Waals surface area (Å²) in [6.45, 7) is 8.23. The monoisotopic (exact) mass is 1400 g/mol. The summed E-state index contributed by atoms with van der Waals surface area (Å²) in [5, 5.41) is 8.88. The van der Waals surface area contributed by atoms with Gasteiger partial charge in [-0.3, -0.25) is 33.3 Å². The van der Waals surface area contributed by atoms with Crippen molar-refractivity contribution in [2.24, 2.45) is 5.92 Å². The zero-order valence-electron chi connectivity index (χ0n) is 50.3. The molecule has 0 radical (unpaired) electrons. The highest BCUT2D eigenvalue weighted by atomic mass is 35.5. The van der Waals surface area contributed by atoms with Gasteiger partial charge in [0.15, 0.2) is 15.5 Å². The highest BCUT2D eigenvalue weighted by Gasteiger charge is 2.68. The number of benzene rings is 3.